The quantitative estimate of drug-likeness (QED) is 0.551. The first kappa shape index (κ1) is 9.48. The van der Waals surface area contributed by atoms with Crippen molar-refractivity contribution in [3.63, 3.8) is 0 Å². The monoisotopic (exact) mass is 170 g/mol. The molecule has 1 atom stereocenters. The third kappa shape index (κ3) is 2.46. The first-order valence-electron chi connectivity index (χ1n) is 4.29. The van der Waals surface area contributed by atoms with Crippen LogP contribution in [0, 0.1) is 0 Å². The zero-order valence-corrected chi connectivity index (χ0v) is 7.71. The fourth-order valence-corrected chi connectivity index (χ4v) is 1.23. The van der Waals surface area contributed by atoms with Crippen LogP contribution in [-0.2, 0) is 4.79 Å². The van der Waals surface area contributed by atoms with Gasteiger partial charge < -0.3 is 10.2 Å². The lowest BCUT2D eigenvalue weighted by Crippen LogP contribution is -2.46. The zero-order valence-electron chi connectivity index (χ0n) is 7.71. The van der Waals surface area contributed by atoms with Crippen LogP contribution >= 0.6 is 0 Å². The van der Waals surface area contributed by atoms with Gasteiger partial charge in [0.05, 0.1) is 0 Å². The third-order valence-electron chi connectivity index (χ3n) is 1.93. The molecular formula is C8H16N3O. The summed E-state index contributed by atoms with van der Waals surface area (Å²) in [6.45, 7) is 2.40. The molecule has 4 heteroatoms. The van der Waals surface area contributed by atoms with Gasteiger partial charge in [0, 0.05) is 27.2 Å². The Morgan fingerprint density at radius 1 is 1.58 bits per heavy atom. The second-order valence-corrected chi connectivity index (χ2v) is 3.22. The van der Waals surface area contributed by atoms with Crippen molar-refractivity contribution in [2.24, 2.45) is 0 Å². The molecule has 12 heavy (non-hydrogen) atoms. The Kier molecular flexibility index (Phi) is 3.49. The molecule has 0 aromatic heterocycles. The maximum atomic E-state index is 11.5. The van der Waals surface area contributed by atoms with E-state index < -0.39 is 0 Å². The molecule has 1 aliphatic heterocycles. The van der Waals surface area contributed by atoms with Crippen molar-refractivity contribution in [2.45, 2.75) is 12.5 Å². The summed E-state index contributed by atoms with van der Waals surface area (Å²) in [6.07, 6.45) is 1.04. The van der Waals surface area contributed by atoms with Crippen LogP contribution in [0.5, 0.6) is 0 Å². The number of hydrogen-bond donors (Lipinski definition) is 1. The number of amides is 1. The lowest BCUT2D eigenvalue weighted by atomic mass is 10.2. The average molecular weight is 170 g/mol. The van der Waals surface area contributed by atoms with Crippen molar-refractivity contribution in [1.29, 1.82) is 0 Å². The predicted octanol–water partition coefficient (Wildman–Crippen LogP) is -0.959. The maximum Gasteiger partial charge on any atom is 0.240 e. The van der Waals surface area contributed by atoms with E-state index in [9.17, 15) is 4.79 Å². The summed E-state index contributed by atoms with van der Waals surface area (Å²) >= 11 is 0. The van der Waals surface area contributed by atoms with Crippen LogP contribution in [0.1, 0.15) is 6.42 Å². The number of likely N-dealkylation sites (N-methyl/N-ethyl adjacent to an activating group) is 1. The highest BCUT2D eigenvalue weighted by atomic mass is 16.2. The molecule has 4 nitrogen and oxygen atoms in total. The molecule has 1 rings (SSSR count). The van der Waals surface area contributed by atoms with Crippen LogP contribution < -0.4 is 10.6 Å². The average Bonchev–Trinajstić information content (AvgIpc) is 2.30. The van der Waals surface area contributed by atoms with E-state index in [-0.39, 0.29) is 11.9 Å². The van der Waals surface area contributed by atoms with Crippen LogP contribution in [0.4, 0.5) is 0 Å². The fourth-order valence-electron chi connectivity index (χ4n) is 1.23. The normalized spacial score (nSPS) is 24.7. The lowest BCUT2D eigenvalue weighted by molar-refractivity contribution is -0.130. The molecule has 1 aliphatic rings. The number of carbonyl (C=O) groups excluding carboxylic acids is 1. The maximum absolute atomic E-state index is 11.5. The van der Waals surface area contributed by atoms with E-state index in [0.29, 0.717) is 6.54 Å². The van der Waals surface area contributed by atoms with Crippen molar-refractivity contribution >= 4 is 5.91 Å². The number of nitrogens with one attached hydrogen (secondary N) is 1. The van der Waals surface area contributed by atoms with Gasteiger partial charge in [0.25, 0.3) is 0 Å². The first-order valence-corrected chi connectivity index (χ1v) is 4.29. The number of hydrogen-bond acceptors (Lipinski definition) is 2. The Morgan fingerprint density at radius 2 is 2.33 bits per heavy atom. The van der Waals surface area contributed by atoms with E-state index in [1.54, 1.807) is 19.0 Å². The SMILES string of the molecule is CN(C)C(=O)C1C[N]CCCN1. The van der Waals surface area contributed by atoms with E-state index in [0.717, 1.165) is 19.5 Å². The Balaban J connectivity index is 2.43. The molecular weight excluding hydrogens is 154 g/mol. The van der Waals surface area contributed by atoms with Gasteiger partial charge in [-0.3, -0.25) is 4.79 Å². The van der Waals surface area contributed by atoms with E-state index in [1.807, 2.05) is 0 Å². The molecule has 1 unspecified atom stereocenters. The Hall–Kier alpha value is -0.610. The molecule has 0 aromatic carbocycles. The molecule has 1 N–H and O–H groups in total. The van der Waals surface area contributed by atoms with Gasteiger partial charge in [-0.25, -0.2) is 5.32 Å². The Morgan fingerprint density at radius 3 is 3.00 bits per heavy atom. The topological polar surface area (TPSA) is 46.4 Å². The molecule has 0 aromatic rings. The van der Waals surface area contributed by atoms with E-state index >= 15 is 0 Å². The number of rotatable bonds is 1. The van der Waals surface area contributed by atoms with Gasteiger partial charge in [-0.05, 0) is 13.0 Å². The fraction of sp³-hybridized carbons (Fsp3) is 0.875. The van der Waals surface area contributed by atoms with Crippen molar-refractivity contribution < 1.29 is 4.79 Å². The van der Waals surface area contributed by atoms with Gasteiger partial charge in [-0.15, -0.1) is 0 Å². The molecule has 1 saturated heterocycles. The smallest absolute Gasteiger partial charge is 0.240 e. The highest BCUT2D eigenvalue weighted by molar-refractivity contribution is 5.81. The van der Waals surface area contributed by atoms with E-state index in [2.05, 4.69) is 10.6 Å². The minimum atomic E-state index is -0.0949. The van der Waals surface area contributed by atoms with Crippen molar-refractivity contribution in [1.82, 2.24) is 15.5 Å². The number of carbonyl (C=O) groups is 1. The van der Waals surface area contributed by atoms with Gasteiger partial charge in [-0.1, -0.05) is 0 Å². The molecule has 0 saturated carbocycles. The van der Waals surface area contributed by atoms with Crippen molar-refractivity contribution in [3.05, 3.63) is 0 Å². The summed E-state index contributed by atoms with van der Waals surface area (Å²) in [5.74, 6) is 0.126. The zero-order chi connectivity index (χ0) is 8.97. The lowest BCUT2D eigenvalue weighted by Gasteiger charge is -2.18. The summed E-state index contributed by atoms with van der Waals surface area (Å²) < 4.78 is 0. The third-order valence-corrected chi connectivity index (χ3v) is 1.93. The van der Waals surface area contributed by atoms with Gasteiger partial charge in [0.1, 0.15) is 6.04 Å². The summed E-state index contributed by atoms with van der Waals surface area (Å²) in [6, 6.07) is -0.0949. The van der Waals surface area contributed by atoms with Crippen LogP contribution in [0.3, 0.4) is 0 Å². The van der Waals surface area contributed by atoms with Crippen molar-refractivity contribution in [2.75, 3.05) is 33.7 Å². The van der Waals surface area contributed by atoms with Gasteiger partial charge in [-0.2, -0.15) is 0 Å². The van der Waals surface area contributed by atoms with E-state index in [4.69, 9.17) is 0 Å². The minimum absolute atomic E-state index is 0.0949. The second kappa shape index (κ2) is 4.42. The molecule has 69 valence electrons. The summed E-state index contributed by atoms with van der Waals surface area (Å²) in [5, 5.41) is 7.42. The van der Waals surface area contributed by atoms with Crippen LogP contribution in [0.15, 0.2) is 0 Å². The Labute approximate surface area is 73.3 Å². The summed E-state index contributed by atoms with van der Waals surface area (Å²) in [4.78, 5) is 13.1. The van der Waals surface area contributed by atoms with Crippen LogP contribution in [0.2, 0.25) is 0 Å². The van der Waals surface area contributed by atoms with E-state index in [1.165, 1.54) is 0 Å². The second-order valence-electron chi connectivity index (χ2n) is 3.22. The van der Waals surface area contributed by atoms with Gasteiger partial charge in [0.2, 0.25) is 5.91 Å². The highest BCUT2D eigenvalue weighted by Crippen LogP contribution is 1.94. The summed E-state index contributed by atoms with van der Waals surface area (Å²) in [7, 11) is 3.55. The molecule has 0 bridgehead atoms. The largest absolute Gasteiger partial charge is 0.347 e. The molecule has 1 radical (unpaired) electrons. The molecule has 1 amide bonds. The van der Waals surface area contributed by atoms with Gasteiger partial charge in [0.15, 0.2) is 0 Å². The minimum Gasteiger partial charge on any atom is -0.347 e. The molecule has 0 spiro atoms. The van der Waals surface area contributed by atoms with Crippen molar-refractivity contribution in [3.8, 4) is 0 Å². The van der Waals surface area contributed by atoms with Crippen LogP contribution in [-0.4, -0.2) is 50.6 Å². The highest BCUT2D eigenvalue weighted by Gasteiger charge is 2.20. The predicted molar refractivity (Wildman–Crippen MR) is 47.0 cm³/mol. The Bertz CT molecular complexity index is 150. The van der Waals surface area contributed by atoms with Crippen LogP contribution in [0.25, 0.3) is 0 Å². The first-order chi connectivity index (χ1) is 5.72. The van der Waals surface area contributed by atoms with Gasteiger partial charge >= 0.3 is 0 Å². The molecule has 1 fully saturated rings. The standard InChI is InChI=1S/C8H16N3O/c1-11(2)8(12)7-6-9-4-3-5-10-7/h7,10H,3-6H2,1-2H3. The summed E-state index contributed by atoms with van der Waals surface area (Å²) in [5.41, 5.74) is 0. The number of nitrogens with zero attached hydrogens (tertiary/aromatic N) is 2. The molecule has 0 aliphatic carbocycles. The molecule has 1 heterocycles.